The largest absolute Gasteiger partial charge is 0.497 e. The first-order valence-electron chi connectivity index (χ1n) is 7.95. The van der Waals surface area contributed by atoms with Crippen LogP contribution in [0.2, 0.25) is 0 Å². The first-order valence-corrected chi connectivity index (χ1v) is 8.36. The van der Waals surface area contributed by atoms with Crippen molar-refractivity contribution in [1.29, 1.82) is 0 Å². The van der Waals surface area contributed by atoms with Gasteiger partial charge in [0.25, 0.3) is 0 Å². The minimum Gasteiger partial charge on any atom is -0.497 e. The Balaban J connectivity index is 1.88. The second kappa shape index (κ2) is 8.48. The Morgan fingerprint density at radius 1 is 1.08 bits per heavy atom. The molecule has 2 aromatic carbocycles. The van der Waals surface area contributed by atoms with Crippen molar-refractivity contribution in [2.75, 3.05) is 24.3 Å². The number of benzene rings is 2. The summed E-state index contributed by atoms with van der Waals surface area (Å²) in [5.74, 6) is 0.584. The number of rotatable bonds is 5. The summed E-state index contributed by atoms with van der Waals surface area (Å²) in [5, 5.41) is 9.24. The molecular weight excluding hydrogens is 334 g/mol. The maximum atomic E-state index is 12.2. The van der Waals surface area contributed by atoms with Gasteiger partial charge in [0.05, 0.1) is 13.7 Å². The van der Waals surface area contributed by atoms with E-state index in [9.17, 15) is 4.79 Å². The number of hydrogen-bond acceptors (Lipinski definition) is 3. The van der Waals surface area contributed by atoms with Crippen LogP contribution in [-0.4, -0.2) is 24.7 Å². The van der Waals surface area contributed by atoms with Gasteiger partial charge in [-0.2, -0.15) is 0 Å². The standard InChI is InChI=1S/C19H23N3O2S/c1-12-8-13(2)18(14(3)9-12)22-17(23)11-20-19(25)21-15-6-5-7-16(10-15)24-4/h5-10H,11H2,1-4H3,(H,22,23)(H2,20,21,25). The molecule has 2 rings (SSSR count). The van der Waals surface area contributed by atoms with Gasteiger partial charge in [-0.25, -0.2) is 0 Å². The topological polar surface area (TPSA) is 62.4 Å². The Morgan fingerprint density at radius 3 is 2.40 bits per heavy atom. The van der Waals surface area contributed by atoms with E-state index < -0.39 is 0 Å². The van der Waals surface area contributed by atoms with E-state index in [-0.39, 0.29) is 12.5 Å². The molecule has 0 aliphatic heterocycles. The van der Waals surface area contributed by atoms with E-state index in [1.165, 1.54) is 5.56 Å². The molecule has 0 atom stereocenters. The third-order valence-corrected chi connectivity index (χ3v) is 3.92. The third-order valence-electron chi connectivity index (χ3n) is 3.68. The average Bonchev–Trinajstić information content (AvgIpc) is 2.56. The number of thiocarbonyl (C=S) groups is 1. The van der Waals surface area contributed by atoms with Crippen LogP contribution in [0.1, 0.15) is 16.7 Å². The van der Waals surface area contributed by atoms with Crippen LogP contribution in [0.5, 0.6) is 5.75 Å². The quantitative estimate of drug-likeness (QED) is 0.715. The van der Waals surface area contributed by atoms with Crippen molar-refractivity contribution in [1.82, 2.24) is 5.32 Å². The van der Waals surface area contributed by atoms with Gasteiger partial charge in [0.2, 0.25) is 5.91 Å². The zero-order valence-corrected chi connectivity index (χ0v) is 15.7. The zero-order chi connectivity index (χ0) is 18.4. The fourth-order valence-corrected chi connectivity index (χ4v) is 2.79. The van der Waals surface area contributed by atoms with Gasteiger partial charge < -0.3 is 20.7 Å². The van der Waals surface area contributed by atoms with Gasteiger partial charge >= 0.3 is 0 Å². The van der Waals surface area contributed by atoms with Gasteiger partial charge in [-0.1, -0.05) is 23.8 Å². The van der Waals surface area contributed by atoms with E-state index in [0.717, 1.165) is 28.3 Å². The van der Waals surface area contributed by atoms with Crippen LogP contribution in [0.15, 0.2) is 36.4 Å². The molecule has 0 aromatic heterocycles. The molecule has 0 radical (unpaired) electrons. The average molecular weight is 357 g/mol. The van der Waals surface area contributed by atoms with Crippen molar-refractivity contribution < 1.29 is 9.53 Å². The Bertz CT molecular complexity index is 767. The van der Waals surface area contributed by atoms with E-state index in [4.69, 9.17) is 17.0 Å². The molecule has 0 aliphatic carbocycles. The van der Waals surface area contributed by atoms with E-state index in [2.05, 4.69) is 16.0 Å². The SMILES string of the molecule is COc1cccc(NC(=S)NCC(=O)Nc2c(C)cc(C)cc2C)c1. The lowest BCUT2D eigenvalue weighted by Crippen LogP contribution is -2.35. The maximum Gasteiger partial charge on any atom is 0.243 e. The van der Waals surface area contributed by atoms with Gasteiger partial charge in [0.15, 0.2) is 5.11 Å². The molecule has 0 unspecified atom stereocenters. The highest BCUT2D eigenvalue weighted by molar-refractivity contribution is 7.80. The number of carbonyl (C=O) groups is 1. The molecule has 0 saturated carbocycles. The second-order valence-corrected chi connectivity index (χ2v) is 6.27. The lowest BCUT2D eigenvalue weighted by atomic mass is 10.1. The molecule has 6 heteroatoms. The van der Waals surface area contributed by atoms with Crippen molar-refractivity contribution in [3.05, 3.63) is 53.1 Å². The van der Waals surface area contributed by atoms with E-state index in [0.29, 0.717) is 5.11 Å². The van der Waals surface area contributed by atoms with Crippen LogP contribution in [0.25, 0.3) is 0 Å². The predicted octanol–water partition coefficient (Wildman–Crippen LogP) is 3.55. The molecular formula is C19H23N3O2S. The number of nitrogens with one attached hydrogen (secondary N) is 3. The summed E-state index contributed by atoms with van der Waals surface area (Å²) in [7, 11) is 1.61. The van der Waals surface area contributed by atoms with Crippen molar-refractivity contribution in [2.45, 2.75) is 20.8 Å². The number of hydrogen-bond donors (Lipinski definition) is 3. The summed E-state index contributed by atoms with van der Waals surface area (Å²) in [6, 6.07) is 11.5. The Hall–Kier alpha value is -2.60. The highest BCUT2D eigenvalue weighted by Gasteiger charge is 2.09. The minimum absolute atomic E-state index is 0.0859. The predicted molar refractivity (Wildman–Crippen MR) is 107 cm³/mol. The molecule has 0 fully saturated rings. The molecule has 2 aromatic rings. The Morgan fingerprint density at radius 2 is 1.76 bits per heavy atom. The molecule has 5 nitrogen and oxygen atoms in total. The van der Waals surface area contributed by atoms with Gasteiger partial charge in [0.1, 0.15) is 5.75 Å². The van der Waals surface area contributed by atoms with Crippen LogP contribution >= 0.6 is 12.2 Å². The molecule has 0 aliphatic rings. The van der Waals surface area contributed by atoms with E-state index >= 15 is 0 Å². The molecule has 132 valence electrons. The zero-order valence-electron chi connectivity index (χ0n) is 14.9. The van der Waals surface area contributed by atoms with Crippen LogP contribution < -0.4 is 20.7 Å². The molecule has 1 amide bonds. The van der Waals surface area contributed by atoms with E-state index in [1.54, 1.807) is 7.11 Å². The molecule has 0 heterocycles. The van der Waals surface area contributed by atoms with Gasteiger partial charge in [0, 0.05) is 17.4 Å². The smallest absolute Gasteiger partial charge is 0.243 e. The highest BCUT2D eigenvalue weighted by Crippen LogP contribution is 2.21. The first-order chi connectivity index (χ1) is 11.9. The van der Waals surface area contributed by atoms with E-state index in [1.807, 2.05) is 57.2 Å². The summed E-state index contributed by atoms with van der Waals surface area (Å²) in [6.07, 6.45) is 0. The fourth-order valence-electron chi connectivity index (χ4n) is 2.60. The van der Waals surface area contributed by atoms with Crippen LogP contribution in [0, 0.1) is 20.8 Å². The summed E-state index contributed by atoms with van der Waals surface area (Å²) in [5.41, 5.74) is 4.91. The first kappa shape index (κ1) is 18.7. The lowest BCUT2D eigenvalue weighted by Gasteiger charge is -2.14. The molecule has 0 bridgehead atoms. The third kappa shape index (κ3) is 5.46. The Kier molecular flexibility index (Phi) is 6.36. The number of aryl methyl sites for hydroxylation is 3. The summed E-state index contributed by atoms with van der Waals surface area (Å²) < 4.78 is 5.16. The lowest BCUT2D eigenvalue weighted by molar-refractivity contribution is -0.115. The number of methoxy groups -OCH3 is 1. The Labute approximate surface area is 153 Å². The molecule has 0 saturated heterocycles. The number of anilines is 2. The number of carbonyl (C=O) groups excluding carboxylic acids is 1. The highest BCUT2D eigenvalue weighted by atomic mass is 32.1. The van der Waals surface area contributed by atoms with Crippen LogP contribution in [-0.2, 0) is 4.79 Å². The van der Waals surface area contributed by atoms with Crippen molar-refractivity contribution in [3.8, 4) is 5.75 Å². The normalized spacial score (nSPS) is 10.1. The van der Waals surface area contributed by atoms with Crippen molar-refractivity contribution in [2.24, 2.45) is 0 Å². The molecule has 0 spiro atoms. The number of ether oxygens (including phenoxy) is 1. The fraction of sp³-hybridized carbons (Fsp3) is 0.263. The van der Waals surface area contributed by atoms with Crippen molar-refractivity contribution in [3.63, 3.8) is 0 Å². The van der Waals surface area contributed by atoms with Crippen LogP contribution in [0.3, 0.4) is 0 Å². The minimum atomic E-state index is -0.148. The van der Waals surface area contributed by atoms with Gasteiger partial charge in [-0.05, 0) is 56.2 Å². The van der Waals surface area contributed by atoms with Gasteiger partial charge in [-0.3, -0.25) is 4.79 Å². The summed E-state index contributed by atoms with van der Waals surface area (Å²) in [6.45, 7) is 6.09. The van der Waals surface area contributed by atoms with Crippen molar-refractivity contribution >= 4 is 34.6 Å². The maximum absolute atomic E-state index is 12.2. The molecule has 25 heavy (non-hydrogen) atoms. The monoisotopic (exact) mass is 357 g/mol. The summed E-state index contributed by atoms with van der Waals surface area (Å²) >= 11 is 5.22. The number of amides is 1. The summed E-state index contributed by atoms with van der Waals surface area (Å²) in [4.78, 5) is 12.2. The second-order valence-electron chi connectivity index (χ2n) is 5.86. The van der Waals surface area contributed by atoms with Gasteiger partial charge in [-0.15, -0.1) is 0 Å². The van der Waals surface area contributed by atoms with Crippen LogP contribution in [0.4, 0.5) is 11.4 Å². The molecule has 3 N–H and O–H groups in total.